The van der Waals surface area contributed by atoms with Crippen LogP contribution in [-0.2, 0) is 5.54 Å². The van der Waals surface area contributed by atoms with E-state index in [-0.39, 0.29) is 5.54 Å². The standard InChI is InChI=1S/C18H18BrClN2S/c19-13-6-5-7-14(12-13)21-17(23)22-18(10-3-4-11-18)15-8-1-2-9-16(15)20/h1-2,5-9,12H,3-4,10-11H2,(H2,21,22,23). The summed E-state index contributed by atoms with van der Waals surface area (Å²) in [5, 5.41) is 8.24. The van der Waals surface area contributed by atoms with Gasteiger partial charge in [0.1, 0.15) is 0 Å². The van der Waals surface area contributed by atoms with Gasteiger partial charge >= 0.3 is 0 Å². The summed E-state index contributed by atoms with van der Waals surface area (Å²) in [5.74, 6) is 0. The summed E-state index contributed by atoms with van der Waals surface area (Å²) in [7, 11) is 0. The Hall–Kier alpha value is -1.10. The fourth-order valence-corrected chi connectivity index (χ4v) is 4.26. The molecule has 1 aliphatic carbocycles. The molecule has 1 fully saturated rings. The van der Waals surface area contributed by atoms with Gasteiger partial charge in [-0.2, -0.15) is 0 Å². The minimum Gasteiger partial charge on any atom is -0.353 e. The smallest absolute Gasteiger partial charge is 0.171 e. The summed E-state index contributed by atoms with van der Waals surface area (Å²) in [5.41, 5.74) is 1.93. The van der Waals surface area contributed by atoms with Gasteiger partial charge in [0.05, 0.1) is 5.54 Å². The molecule has 0 aromatic heterocycles. The minimum absolute atomic E-state index is 0.172. The molecule has 5 heteroatoms. The van der Waals surface area contributed by atoms with Crippen LogP contribution in [0.25, 0.3) is 0 Å². The Morgan fingerprint density at radius 1 is 1.09 bits per heavy atom. The lowest BCUT2D eigenvalue weighted by molar-refractivity contribution is 0.408. The van der Waals surface area contributed by atoms with Gasteiger partial charge in [-0.15, -0.1) is 0 Å². The highest BCUT2D eigenvalue weighted by atomic mass is 79.9. The number of anilines is 1. The molecule has 0 unspecified atom stereocenters. The van der Waals surface area contributed by atoms with E-state index in [0.717, 1.165) is 33.6 Å². The molecule has 2 N–H and O–H groups in total. The third kappa shape index (κ3) is 3.87. The Morgan fingerprint density at radius 2 is 1.83 bits per heavy atom. The van der Waals surface area contributed by atoms with Gasteiger partial charge in [-0.25, -0.2) is 0 Å². The highest BCUT2D eigenvalue weighted by Gasteiger charge is 2.37. The highest BCUT2D eigenvalue weighted by molar-refractivity contribution is 9.10. The van der Waals surface area contributed by atoms with Gasteiger partial charge < -0.3 is 10.6 Å². The van der Waals surface area contributed by atoms with Gasteiger partial charge in [0.2, 0.25) is 0 Å². The van der Waals surface area contributed by atoms with Gasteiger partial charge in [-0.3, -0.25) is 0 Å². The second kappa shape index (κ2) is 7.20. The van der Waals surface area contributed by atoms with Crippen molar-refractivity contribution in [1.29, 1.82) is 0 Å². The van der Waals surface area contributed by atoms with Crippen LogP contribution in [0.1, 0.15) is 31.2 Å². The summed E-state index contributed by atoms with van der Waals surface area (Å²) in [6.07, 6.45) is 4.43. The number of rotatable bonds is 3. The van der Waals surface area contributed by atoms with E-state index in [0.29, 0.717) is 5.11 Å². The van der Waals surface area contributed by atoms with Crippen LogP contribution in [0, 0.1) is 0 Å². The molecule has 1 saturated carbocycles. The normalized spacial score (nSPS) is 16.1. The van der Waals surface area contributed by atoms with Crippen LogP contribution < -0.4 is 10.6 Å². The topological polar surface area (TPSA) is 24.1 Å². The molecular weight excluding hydrogens is 392 g/mol. The molecule has 23 heavy (non-hydrogen) atoms. The molecule has 3 rings (SSSR count). The van der Waals surface area contributed by atoms with Gasteiger partial charge in [0.15, 0.2) is 5.11 Å². The lowest BCUT2D eigenvalue weighted by atomic mass is 9.88. The quantitative estimate of drug-likeness (QED) is 0.621. The lowest BCUT2D eigenvalue weighted by Crippen LogP contribution is -2.45. The molecule has 2 nitrogen and oxygen atoms in total. The third-order valence-corrected chi connectivity index (χ3v) is 5.31. The van der Waals surface area contributed by atoms with Crippen molar-refractivity contribution in [2.45, 2.75) is 31.2 Å². The zero-order valence-corrected chi connectivity index (χ0v) is 15.8. The Bertz CT molecular complexity index is 714. The SMILES string of the molecule is S=C(Nc1cccc(Br)c1)NC1(c2ccccc2Cl)CCCC1. The van der Waals surface area contributed by atoms with E-state index in [2.05, 4.69) is 32.6 Å². The second-order valence-electron chi connectivity index (χ2n) is 5.86. The number of halogens is 2. The van der Waals surface area contributed by atoms with Crippen LogP contribution in [0.4, 0.5) is 5.69 Å². The molecular formula is C18H18BrClN2S. The average Bonchev–Trinajstić information content (AvgIpc) is 2.97. The maximum atomic E-state index is 6.45. The van der Waals surface area contributed by atoms with E-state index in [1.807, 2.05) is 42.5 Å². The van der Waals surface area contributed by atoms with Gasteiger partial charge in [-0.1, -0.05) is 64.6 Å². The van der Waals surface area contributed by atoms with Crippen molar-refractivity contribution in [1.82, 2.24) is 5.32 Å². The summed E-state index contributed by atoms with van der Waals surface area (Å²) < 4.78 is 1.02. The molecule has 0 heterocycles. The zero-order valence-electron chi connectivity index (χ0n) is 12.6. The van der Waals surface area contributed by atoms with Gasteiger partial charge in [0, 0.05) is 15.2 Å². The average molecular weight is 410 g/mol. The van der Waals surface area contributed by atoms with Gasteiger partial charge in [-0.05, 0) is 54.9 Å². The number of benzene rings is 2. The summed E-state index contributed by atoms with van der Waals surface area (Å²) in [4.78, 5) is 0. The summed E-state index contributed by atoms with van der Waals surface area (Å²) in [6, 6.07) is 16.0. The molecule has 0 aliphatic heterocycles. The van der Waals surface area contributed by atoms with Crippen molar-refractivity contribution in [2.75, 3.05) is 5.32 Å². The fraction of sp³-hybridized carbons (Fsp3) is 0.278. The first-order valence-electron chi connectivity index (χ1n) is 7.69. The van der Waals surface area contributed by atoms with E-state index in [1.165, 1.54) is 12.8 Å². The van der Waals surface area contributed by atoms with E-state index >= 15 is 0 Å². The predicted octanol–water partition coefficient (Wildman–Crippen LogP) is 5.86. The molecule has 2 aromatic carbocycles. The van der Waals surface area contributed by atoms with Crippen LogP contribution in [0.15, 0.2) is 53.0 Å². The molecule has 1 aliphatic rings. The molecule has 0 radical (unpaired) electrons. The van der Waals surface area contributed by atoms with Crippen molar-refractivity contribution in [3.05, 3.63) is 63.6 Å². The monoisotopic (exact) mass is 408 g/mol. The zero-order chi connectivity index (χ0) is 16.3. The summed E-state index contributed by atoms with van der Waals surface area (Å²) in [6.45, 7) is 0. The molecule has 0 amide bonds. The van der Waals surface area contributed by atoms with Crippen molar-refractivity contribution in [3.63, 3.8) is 0 Å². The maximum Gasteiger partial charge on any atom is 0.171 e. The number of hydrogen-bond acceptors (Lipinski definition) is 1. The van der Waals surface area contributed by atoms with Crippen LogP contribution in [0.2, 0.25) is 5.02 Å². The van der Waals surface area contributed by atoms with Crippen molar-refractivity contribution in [2.24, 2.45) is 0 Å². The summed E-state index contributed by atoms with van der Waals surface area (Å²) >= 11 is 15.5. The molecule has 120 valence electrons. The van der Waals surface area contributed by atoms with E-state index in [4.69, 9.17) is 23.8 Å². The Labute approximate surface area is 155 Å². The Morgan fingerprint density at radius 3 is 2.52 bits per heavy atom. The van der Waals surface area contributed by atoms with Crippen LogP contribution in [-0.4, -0.2) is 5.11 Å². The third-order valence-electron chi connectivity index (χ3n) is 4.28. The largest absolute Gasteiger partial charge is 0.353 e. The van der Waals surface area contributed by atoms with Crippen LogP contribution in [0.3, 0.4) is 0 Å². The highest BCUT2D eigenvalue weighted by Crippen LogP contribution is 2.41. The number of thiocarbonyl (C=S) groups is 1. The Balaban J connectivity index is 1.80. The molecule has 0 saturated heterocycles. The minimum atomic E-state index is -0.172. The fourth-order valence-electron chi connectivity index (χ4n) is 3.24. The van der Waals surface area contributed by atoms with Crippen molar-refractivity contribution >= 4 is 50.5 Å². The van der Waals surface area contributed by atoms with E-state index in [9.17, 15) is 0 Å². The van der Waals surface area contributed by atoms with Gasteiger partial charge in [0.25, 0.3) is 0 Å². The maximum absolute atomic E-state index is 6.45. The van der Waals surface area contributed by atoms with Crippen molar-refractivity contribution in [3.8, 4) is 0 Å². The predicted molar refractivity (Wildman–Crippen MR) is 105 cm³/mol. The number of nitrogens with one attached hydrogen (secondary N) is 2. The lowest BCUT2D eigenvalue weighted by Gasteiger charge is -2.33. The van der Waals surface area contributed by atoms with E-state index < -0.39 is 0 Å². The molecule has 0 bridgehead atoms. The van der Waals surface area contributed by atoms with E-state index in [1.54, 1.807) is 0 Å². The number of hydrogen-bond donors (Lipinski definition) is 2. The first kappa shape index (κ1) is 16.7. The second-order valence-corrected chi connectivity index (χ2v) is 7.59. The molecule has 0 atom stereocenters. The molecule has 2 aromatic rings. The molecule has 0 spiro atoms. The van der Waals surface area contributed by atoms with Crippen molar-refractivity contribution < 1.29 is 0 Å². The van der Waals surface area contributed by atoms with Crippen LogP contribution >= 0.6 is 39.7 Å². The Kier molecular flexibility index (Phi) is 5.24. The first-order chi connectivity index (χ1) is 11.1. The van der Waals surface area contributed by atoms with Crippen LogP contribution in [0.5, 0.6) is 0 Å². The first-order valence-corrected chi connectivity index (χ1v) is 9.27.